The van der Waals surface area contributed by atoms with Gasteiger partial charge in [-0.2, -0.15) is 0 Å². The zero-order valence-electron chi connectivity index (χ0n) is 8.69. The molecule has 12 heavy (non-hydrogen) atoms. The standard InChI is InChI=1S/C10H22N2/c1-5-12(4)9-8-11-7-6-10(2)3/h11H,2,5-9H2,1,3-4H3. The van der Waals surface area contributed by atoms with Gasteiger partial charge in [0.05, 0.1) is 0 Å². The van der Waals surface area contributed by atoms with E-state index in [9.17, 15) is 0 Å². The molecule has 0 unspecified atom stereocenters. The van der Waals surface area contributed by atoms with Gasteiger partial charge in [0.2, 0.25) is 0 Å². The predicted molar refractivity (Wildman–Crippen MR) is 55.5 cm³/mol. The Morgan fingerprint density at radius 1 is 1.42 bits per heavy atom. The minimum atomic E-state index is 1.06. The molecule has 0 aromatic heterocycles. The number of nitrogens with one attached hydrogen (secondary N) is 1. The van der Waals surface area contributed by atoms with E-state index in [1.807, 2.05) is 0 Å². The second-order valence-corrected chi connectivity index (χ2v) is 3.35. The molecule has 0 aromatic rings. The summed E-state index contributed by atoms with van der Waals surface area (Å²) < 4.78 is 0. The fourth-order valence-corrected chi connectivity index (χ4v) is 0.855. The van der Waals surface area contributed by atoms with Crippen LogP contribution in [0.5, 0.6) is 0 Å². The van der Waals surface area contributed by atoms with E-state index in [1.165, 1.54) is 5.57 Å². The Kier molecular flexibility index (Phi) is 7.11. The lowest BCUT2D eigenvalue weighted by Gasteiger charge is -2.13. The monoisotopic (exact) mass is 170 g/mol. The molecular formula is C10H22N2. The van der Waals surface area contributed by atoms with Gasteiger partial charge in [-0.05, 0) is 33.5 Å². The van der Waals surface area contributed by atoms with Crippen molar-refractivity contribution >= 4 is 0 Å². The van der Waals surface area contributed by atoms with Crippen molar-refractivity contribution in [1.82, 2.24) is 10.2 Å². The minimum absolute atomic E-state index is 1.06. The van der Waals surface area contributed by atoms with Gasteiger partial charge in [-0.3, -0.25) is 0 Å². The van der Waals surface area contributed by atoms with Gasteiger partial charge in [-0.15, -0.1) is 6.58 Å². The van der Waals surface area contributed by atoms with Gasteiger partial charge < -0.3 is 10.2 Å². The predicted octanol–water partition coefficient (Wildman–Crippen LogP) is 1.49. The minimum Gasteiger partial charge on any atom is -0.315 e. The maximum atomic E-state index is 3.85. The Hall–Kier alpha value is -0.340. The van der Waals surface area contributed by atoms with Crippen molar-refractivity contribution in [2.45, 2.75) is 20.3 Å². The molecule has 0 fully saturated rings. The molecule has 0 radical (unpaired) electrons. The Morgan fingerprint density at radius 3 is 2.58 bits per heavy atom. The quantitative estimate of drug-likeness (QED) is 0.460. The summed E-state index contributed by atoms with van der Waals surface area (Å²) >= 11 is 0. The van der Waals surface area contributed by atoms with Gasteiger partial charge in [-0.1, -0.05) is 12.5 Å². The van der Waals surface area contributed by atoms with Gasteiger partial charge in [0.1, 0.15) is 0 Å². The molecule has 2 nitrogen and oxygen atoms in total. The largest absolute Gasteiger partial charge is 0.315 e. The molecule has 0 saturated carbocycles. The summed E-state index contributed by atoms with van der Waals surface area (Å²) in [4.78, 5) is 2.30. The number of nitrogens with zero attached hydrogens (tertiary/aromatic N) is 1. The highest BCUT2D eigenvalue weighted by Crippen LogP contribution is 1.91. The van der Waals surface area contributed by atoms with Crippen LogP contribution in [-0.2, 0) is 0 Å². The molecule has 0 aliphatic heterocycles. The van der Waals surface area contributed by atoms with Crippen LogP contribution >= 0.6 is 0 Å². The molecule has 1 N–H and O–H groups in total. The lowest BCUT2D eigenvalue weighted by Crippen LogP contribution is -2.29. The highest BCUT2D eigenvalue weighted by Gasteiger charge is 1.92. The number of likely N-dealkylation sites (N-methyl/N-ethyl adjacent to an activating group) is 1. The summed E-state index contributed by atoms with van der Waals surface area (Å²) in [7, 11) is 2.14. The Balaban J connectivity index is 3.05. The van der Waals surface area contributed by atoms with E-state index in [1.54, 1.807) is 0 Å². The van der Waals surface area contributed by atoms with E-state index in [0.29, 0.717) is 0 Å². The van der Waals surface area contributed by atoms with Crippen molar-refractivity contribution < 1.29 is 0 Å². The van der Waals surface area contributed by atoms with Crippen LogP contribution in [0.15, 0.2) is 12.2 Å². The van der Waals surface area contributed by atoms with Gasteiger partial charge in [0.15, 0.2) is 0 Å². The maximum absolute atomic E-state index is 3.85. The summed E-state index contributed by atoms with van der Waals surface area (Å²) in [6, 6.07) is 0. The Bertz CT molecular complexity index is 121. The van der Waals surface area contributed by atoms with Crippen molar-refractivity contribution in [3.63, 3.8) is 0 Å². The van der Waals surface area contributed by atoms with Crippen LogP contribution in [0.1, 0.15) is 20.3 Å². The smallest absolute Gasteiger partial charge is 0.0104 e. The summed E-state index contributed by atoms with van der Waals surface area (Å²) in [5.41, 5.74) is 1.26. The van der Waals surface area contributed by atoms with Crippen molar-refractivity contribution in [2.75, 3.05) is 33.2 Å². The molecule has 72 valence electrons. The number of hydrogen-bond acceptors (Lipinski definition) is 2. The Morgan fingerprint density at radius 2 is 2.08 bits per heavy atom. The first-order valence-electron chi connectivity index (χ1n) is 4.70. The molecule has 0 aliphatic rings. The summed E-state index contributed by atoms with van der Waals surface area (Å²) in [6.07, 6.45) is 1.09. The topological polar surface area (TPSA) is 15.3 Å². The normalized spacial score (nSPS) is 10.7. The average molecular weight is 170 g/mol. The number of hydrogen-bond donors (Lipinski definition) is 1. The lowest BCUT2D eigenvalue weighted by molar-refractivity contribution is 0.349. The highest BCUT2D eigenvalue weighted by atomic mass is 15.1. The molecule has 2 heteroatoms. The molecular weight excluding hydrogens is 148 g/mol. The van der Waals surface area contributed by atoms with Crippen molar-refractivity contribution in [1.29, 1.82) is 0 Å². The van der Waals surface area contributed by atoms with Gasteiger partial charge in [0.25, 0.3) is 0 Å². The highest BCUT2D eigenvalue weighted by molar-refractivity contribution is 4.88. The second kappa shape index (κ2) is 7.32. The maximum Gasteiger partial charge on any atom is 0.0104 e. The van der Waals surface area contributed by atoms with E-state index in [4.69, 9.17) is 0 Å². The van der Waals surface area contributed by atoms with Crippen LogP contribution in [0.25, 0.3) is 0 Å². The van der Waals surface area contributed by atoms with Crippen LogP contribution < -0.4 is 5.32 Å². The van der Waals surface area contributed by atoms with Crippen LogP contribution in [0.3, 0.4) is 0 Å². The molecule has 0 bridgehead atoms. The average Bonchev–Trinajstić information content (AvgIpc) is 2.03. The first kappa shape index (κ1) is 11.7. The van der Waals surface area contributed by atoms with Crippen LogP contribution in [-0.4, -0.2) is 38.1 Å². The zero-order valence-corrected chi connectivity index (χ0v) is 8.69. The second-order valence-electron chi connectivity index (χ2n) is 3.35. The molecule has 0 amide bonds. The fraction of sp³-hybridized carbons (Fsp3) is 0.800. The first-order valence-corrected chi connectivity index (χ1v) is 4.70. The van der Waals surface area contributed by atoms with E-state index < -0.39 is 0 Å². The van der Waals surface area contributed by atoms with Gasteiger partial charge in [-0.25, -0.2) is 0 Å². The molecule has 0 spiro atoms. The van der Waals surface area contributed by atoms with E-state index in [-0.39, 0.29) is 0 Å². The molecule has 0 atom stereocenters. The number of rotatable bonds is 7. The van der Waals surface area contributed by atoms with Crippen molar-refractivity contribution in [3.05, 3.63) is 12.2 Å². The third-order valence-electron chi connectivity index (χ3n) is 1.94. The third-order valence-corrected chi connectivity index (χ3v) is 1.94. The van der Waals surface area contributed by atoms with E-state index >= 15 is 0 Å². The molecule has 0 aromatic carbocycles. The molecule has 0 aliphatic carbocycles. The lowest BCUT2D eigenvalue weighted by atomic mass is 10.2. The van der Waals surface area contributed by atoms with Crippen LogP contribution in [0.2, 0.25) is 0 Å². The van der Waals surface area contributed by atoms with Crippen molar-refractivity contribution in [3.8, 4) is 0 Å². The van der Waals surface area contributed by atoms with Crippen LogP contribution in [0.4, 0.5) is 0 Å². The van der Waals surface area contributed by atoms with Gasteiger partial charge in [0, 0.05) is 13.1 Å². The zero-order chi connectivity index (χ0) is 9.40. The van der Waals surface area contributed by atoms with Crippen LogP contribution in [0, 0.1) is 0 Å². The Labute approximate surface area is 76.6 Å². The van der Waals surface area contributed by atoms with E-state index in [0.717, 1.165) is 32.6 Å². The third kappa shape index (κ3) is 7.76. The SMILES string of the molecule is C=C(C)CCNCCN(C)CC. The summed E-state index contributed by atoms with van der Waals surface area (Å²) in [5.74, 6) is 0. The fourth-order valence-electron chi connectivity index (χ4n) is 0.855. The molecule has 0 saturated heterocycles. The molecule has 0 rings (SSSR count). The molecule has 0 heterocycles. The van der Waals surface area contributed by atoms with Crippen molar-refractivity contribution in [2.24, 2.45) is 0 Å². The van der Waals surface area contributed by atoms with Gasteiger partial charge >= 0.3 is 0 Å². The summed E-state index contributed by atoms with van der Waals surface area (Å²) in [6.45, 7) is 12.5. The summed E-state index contributed by atoms with van der Waals surface area (Å²) in [5, 5.41) is 3.38. The first-order chi connectivity index (χ1) is 5.66. The van der Waals surface area contributed by atoms with E-state index in [2.05, 4.69) is 37.7 Å².